The summed E-state index contributed by atoms with van der Waals surface area (Å²) in [5, 5.41) is 0.704. The molecule has 0 saturated carbocycles. The van der Waals surface area contributed by atoms with E-state index in [0.29, 0.717) is 16.5 Å². The normalized spacial score (nSPS) is 10.2. The fourth-order valence-electron chi connectivity index (χ4n) is 1.50. The highest BCUT2D eigenvalue weighted by atomic mass is 35.5. The average molecular weight is 312 g/mol. The van der Waals surface area contributed by atoms with Crippen molar-refractivity contribution in [2.45, 2.75) is 6.92 Å². The first-order valence-corrected chi connectivity index (χ1v) is 6.34. The van der Waals surface area contributed by atoms with Crippen LogP contribution in [0.3, 0.4) is 0 Å². The molecule has 0 aliphatic heterocycles. The number of carbonyl (C=O) groups is 1. The number of nitrogens with zero attached hydrogens (tertiary/aromatic N) is 2. The van der Waals surface area contributed by atoms with Gasteiger partial charge in [0.05, 0.1) is 10.6 Å². The highest BCUT2D eigenvalue weighted by Gasteiger charge is 2.11. The van der Waals surface area contributed by atoms with Gasteiger partial charge in [0.15, 0.2) is 0 Å². The summed E-state index contributed by atoms with van der Waals surface area (Å²) in [5.74, 6) is 0.0649. The van der Waals surface area contributed by atoms with Crippen molar-refractivity contribution in [1.29, 1.82) is 0 Å². The van der Waals surface area contributed by atoms with Crippen LogP contribution < -0.4 is 16.6 Å². The van der Waals surface area contributed by atoms with Crippen LogP contribution in [0.2, 0.25) is 10.0 Å². The monoisotopic (exact) mass is 311 g/mol. The van der Waals surface area contributed by atoms with Gasteiger partial charge in [0, 0.05) is 16.8 Å². The van der Waals surface area contributed by atoms with E-state index in [1.165, 1.54) is 12.1 Å². The Bertz CT molecular complexity index is 642. The van der Waals surface area contributed by atoms with E-state index in [2.05, 4.69) is 20.8 Å². The lowest BCUT2D eigenvalue weighted by Crippen LogP contribution is -2.30. The molecule has 4 N–H and O–H groups in total. The van der Waals surface area contributed by atoms with Crippen LogP contribution >= 0.6 is 23.2 Å². The summed E-state index contributed by atoms with van der Waals surface area (Å²) in [5.41, 5.74) is 11.5. The molecule has 0 saturated heterocycles. The predicted octanol–water partition coefficient (Wildman–Crippen LogP) is 2.43. The number of hydrogen-bond donors (Lipinski definition) is 3. The Morgan fingerprint density at radius 1 is 1.25 bits per heavy atom. The Hall–Kier alpha value is -2.05. The molecule has 0 spiro atoms. The fraction of sp³-hybridized carbons (Fsp3) is 0.0833. The average Bonchev–Trinajstić information content (AvgIpc) is 2.35. The molecule has 0 unspecified atom stereocenters. The van der Waals surface area contributed by atoms with Gasteiger partial charge in [0.2, 0.25) is 5.95 Å². The van der Waals surface area contributed by atoms with E-state index in [1.807, 2.05) is 0 Å². The zero-order valence-electron chi connectivity index (χ0n) is 10.4. The third-order valence-electron chi connectivity index (χ3n) is 2.34. The maximum Gasteiger partial charge on any atom is 0.271 e. The van der Waals surface area contributed by atoms with E-state index in [0.717, 1.165) is 0 Å². The quantitative estimate of drug-likeness (QED) is 0.757. The van der Waals surface area contributed by atoms with E-state index in [4.69, 9.17) is 28.9 Å². The van der Waals surface area contributed by atoms with Gasteiger partial charge in [-0.25, -0.2) is 4.98 Å². The number of nitrogen functional groups attached to an aromatic ring is 1. The Labute approximate surface area is 125 Å². The van der Waals surface area contributed by atoms with Crippen LogP contribution in [-0.4, -0.2) is 15.9 Å². The fourth-order valence-corrected chi connectivity index (χ4v) is 2.00. The molecule has 8 heteroatoms. The van der Waals surface area contributed by atoms with E-state index in [9.17, 15) is 4.79 Å². The van der Waals surface area contributed by atoms with Gasteiger partial charge in [-0.1, -0.05) is 23.2 Å². The van der Waals surface area contributed by atoms with Gasteiger partial charge in [0.25, 0.3) is 5.91 Å². The highest BCUT2D eigenvalue weighted by Crippen LogP contribution is 2.20. The van der Waals surface area contributed by atoms with Crippen LogP contribution in [0.15, 0.2) is 24.3 Å². The number of aryl methyl sites for hydroxylation is 1. The van der Waals surface area contributed by atoms with Crippen LogP contribution in [-0.2, 0) is 0 Å². The van der Waals surface area contributed by atoms with Crippen molar-refractivity contribution in [3.8, 4) is 0 Å². The van der Waals surface area contributed by atoms with E-state index in [1.54, 1.807) is 19.1 Å². The number of nitrogens with one attached hydrogen (secondary N) is 2. The van der Waals surface area contributed by atoms with Gasteiger partial charge >= 0.3 is 0 Å². The van der Waals surface area contributed by atoms with E-state index in [-0.39, 0.29) is 16.5 Å². The summed E-state index contributed by atoms with van der Waals surface area (Å²) < 4.78 is 0. The molecule has 0 aliphatic rings. The van der Waals surface area contributed by atoms with Crippen LogP contribution in [0, 0.1) is 6.92 Å². The second-order valence-electron chi connectivity index (χ2n) is 3.96. The summed E-state index contributed by atoms with van der Waals surface area (Å²) in [6.07, 6.45) is 0. The summed E-state index contributed by atoms with van der Waals surface area (Å²) in [4.78, 5) is 19.9. The molecular formula is C12H11Cl2N5O. The number of rotatable bonds is 3. The van der Waals surface area contributed by atoms with Gasteiger partial charge in [-0.15, -0.1) is 0 Å². The minimum absolute atomic E-state index is 0.195. The number of carbonyl (C=O) groups excluding carboxylic acids is 1. The number of hydrazine groups is 1. The molecule has 1 aromatic heterocycles. The summed E-state index contributed by atoms with van der Waals surface area (Å²) in [7, 11) is 0. The first-order chi connectivity index (χ1) is 9.45. The molecule has 0 aliphatic carbocycles. The SMILES string of the molecule is Cc1cc(N)nc(NNC(=O)c2ccc(Cl)cc2Cl)n1. The molecule has 2 aromatic rings. The second-order valence-corrected chi connectivity index (χ2v) is 4.80. The number of hydrogen-bond acceptors (Lipinski definition) is 5. The van der Waals surface area contributed by atoms with Gasteiger partial charge < -0.3 is 5.73 Å². The molecular weight excluding hydrogens is 301 g/mol. The number of nitrogens with two attached hydrogens (primary N) is 1. The molecule has 0 atom stereocenters. The third-order valence-corrected chi connectivity index (χ3v) is 2.89. The van der Waals surface area contributed by atoms with Crippen LogP contribution in [0.4, 0.5) is 11.8 Å². The van der Waals surface area contributed by atoms with Crippen LogP contribution in [0.5, 0.6) is 0 Å². The second kappa shape index (κ2) is 5.94. The molecule has 2 rings (SSSR count). The Morgan fingerprint density at radius 2 is 2.00 bits per heavy atom. The Kier molecular flexibility index (Phi) is 4.26. The standard InChI is InChI=1S/C12H11Cl2N5O/c1-6-4-10(15)17-12(16-6)19-18-11(20)8-3-2-7(13)5-9(8)14/h2-5H,1H3,(H,18,20)(H3,15,16,17,19). The number of benzene rings is 1. The molecule has 1 amide bonds. The number of aromatic nitrogens is 2. The first-order valence-electron chi connectivity index (χ1n) is 5.58. The summed E-state index contributed by atoms with van der Waals surface area (Å²) in [6, 6.07) is 6.19. The van der Waals surface area contributed by atoms with Crippen molar-refractivity contribution in [3.63, 3.8) is 0 Å². The van der Waals surface area contributed by atoms with Gasteiger partial charge in [0.1, 0.15) is 5.82 Å². The lowest BCUT2D eigenvalue weighted by atomic mass is 10.2. The predicted molar refractivity (Wildman–Crippen MR) is 78.7 cm³/mol. The lowest BCUT2D eigenvalue weighted by Gasteiger charge is -2.09. The maximum atomic E-state index is 11.9. The van der Waals surface area contributed by atoms with Gasteiger partial charge in [-0.2, -0.15) is 4.98 Å². The van der Waals surface area contributed by atoms with Crippen molar-refractivity contribution < 1.29 is 4.79 Å². The molecule has 104 valence electrons. The van der Waals surface area contributed by atoms with Crippen molar-refractivity contribution in [2.75, 3.05) is 11.2 Å². The molecule has 1 heterocycles. The van der Waals surface area contributed by atoms with Crippen LogP contribution in [0.1, 0.15) is 16.1 Å². The molecule has 0 fully saturated rings. The van der Waals surface area contributed by atoms with Crippen molar-refractivity contribution in [3.05, 3.63) is 45.6 Å². The largest absolute Gasteiger partial charge is 0.384 e. The number of anilines is 2. The molecule has 0 radical (unpaired) electrons. The maximum absolute atomic E-state index is 11.9. The van der Waals surface area contributed by atoms with Crippen LogP contribution in [0.25, 0.3) is 0 Å². The number of halogens is 2. The summed E-state index contributed by atoms with van der Waals surface area (Å²) in [6.45, 7) is 1.76. The van der Waals surface area contributed by atoms with E-state index < -0.39 is 5.91 Å². The number of amides is 1. The third kappa shape index (κ3) is 3.49. The topological polar surface area (TPSA) is 92.9 Å². The van der Waals surface area contributed by atoms with Gasteiger partial charge in [-0.3, -0.25) is 15.6 Å². The van der Waals surface area contributed by atoms with Crippen molar-refractivity contribution >= 4 is 40.9 Å². The Morgan fingerprint density at radius 3 is 2.65 bits per heavy atom. The smallest absolute Gasteiger partial charge is 0.271 e. The minimum atomic E-state index is -0.435. The molecule has 6 nitrogen and oxygen atoms in total. The lowest BCUT2D eigenvalue weighted by molar-refractivity contribution is 0.0962. The molecule has 1 aromatic carbocycles. The Balaban J connectivity index is 2.08. The molecule has 0 bridgehead atoms. The zero-order chi connectivity index (χ0) is 14.7. The highest BCUT2D eigenvalue weighted by molar-refractivity contribution is 6.36. The molecule has 20 heavy (non-hydrogen) atoms. The van der Waals surface area contributed by atoms with Crippen molar-refractivity contribution in [2.24, 2.45) is 0 Å². The van der Waals surface area contributed by atoms with Gasteiger partial charge in [-0.05, 0) is 25.1 Å². The summed E-state index contributed by atoms with van der Waals surface area (Å²) >= 11 is 11.7. The minimum Gasteiger partial charge on any atom is -0.384 e. The first kappa shape index (κ1) is 14.4. The zero-order valence-corrected chi connectivity index (χ0v) is 12.0. The van der Waals surface area contributed by atoms with E-state index >= 15 is 0 Å². The van der Waals surface area contributed by atoms with Crippen molar-refractivity contribution in [1.82, 2.24) is 15.4 Å².